The van der Waals surface area contributed by atoms with Gasteiger partial charge >= 0.3 is 5.97 Å². The van der Waals surface area contributed by atoms with Crippen molar-refractivity contribution >= 4 is 11.9 Å². The highest BCUT2D eigenvalue weighted by atomic mass is 16.4. The highest BCUT2D eigenvalue weighted by Gasteiger charge is 2.13. The SMILES string of the molecule is Cc1ccc(C(=O)O)cc1-n1ccc(C(=O)N(C)C)n1. The Hall–Kier alpha value is -2.63. The average molecular weight is 273 g/mol. The molecule has 0 fully saturated rings. The van der Waals surface area contributed by atoms with Crippen LogP contribution in [-0.2, 0) is 0 Å². The monoisotopic (exact) mass is 273 g/mol. The largest absolute Gasteiger partial charge is 0.478 e. The van der Waals surface area contributed by atoms with Gasteiger partial charge in [0.05, 0.1) is 11.3 Å². The lowest BCUT2D eigenvalue weighted by Gasteiger charge is -2.08. The lowest BCUT2D eigenvalue weighted by molar-refractivity contribution is 0.0696. The Kier molecular flexibility index (Phi) is 3.56. The van der Waals surface area contributed by atoms with E-state index in [0.717, 1.165) is 5.56 Å². The maximum atomic E-state index is 11.8. The second kappa shape index (κ2) is 5.16. The molecule has 1 N–H and O–H groups in total. The molecule has 0 spiro atoms. The van der Waals surface area contributed by atoms with Crippen LogP contribution < -0.4 is 0 Å². The van der Waals surface area contributed by atoms with Gasteiger partial charge in [-0.15, -0.1) is 0 Å². The molecule has 0 radical (unpaired) electrons. The summed E-state index contributed by atoms with van der Waals surface area (Å²) in [5, 5.41) is 13.2. The number of carboxylic acid groups (broad SMARTS) is 1. The number of amides is 1. The molecule has 1 aromatic heterocycles. The number of aromatic nitrogens is 2. The normalized spacial score (nSPS) is 10.3. The number of aryl methyl sites for hydroxylation is 1. The number of rotatable bonds is 3. The number of benzene rings is 1. The molecule has 2 rings (SSSR count). The minimum Gasteiger partial charge on any atom is -0.478 e. The minimum atomic E-state index is -0.997. The summed E-state index contributed by atoms with van der Waals surface area (Å²) in [5.74, 6) is -1.20. The van der Waals surface area contributed by atoms with E-state index in [1.807, 2.05) is 6.92 Å². The Morgan fingerprint density at radius 1 is 1.25 bits per heavy atom. The van der Waals surface area contributed by atoms with E-state index in [0.29, 0.717) is 11.4 Å². The van der Waals surface area contributed by atoms with Crippen LogP contribution in [0.25, 0.3) is 5.69 Å². The summed E-state index contributed by atoms with van der Waals surface area (Å²) in [6.45, 7) is 1.86. The van der Waals surface area contributed by atoms with Crippen LogP contribution in [0.15, 0.2) is 30.5 Å². The summed E-state index contributed by atoms with van der Waals surface area (Å²) in [6.07, 6.45) is 1.64. The van der Waals surface area contributed by atoms with E-state index in [1.165, 1.54) is 21.7 Å². The molecule has 1 aromatic carbocycles. The lowest BCUT2D eigenvalue weighted by Crippen LogP contribution is -2.22. The van der Waals surface area contributed by atoms with Crippen LogP contribution >= 0.6 is 0 Å². The predicted molar refractivity (Wildman–Crippen MR) is 73.3 cm³/mol. The van der Waals surface area contributed by atoms with Gasteiger partial charge in [0, 0.05) is 20.3 Å². The second-order valence-corrected chi connectivity index (χ2v) is 4.65. The molecule has 104 valence electrons. The fourth-order valence-electron chi connectivity index (χ4n) is 1.79. The zero-order chi connectivity index (χ0) is 14.9. The van der Waals surface area contributed by atoms with Crippen molar-refractivity contribution in [1.29, 1.82) is 0 Å². The Labute approximate surface area is 116 Å². The molecule has 1 heterocycles. The van der Waals surface area contributed by atoms with Crippen molar-refractivity contribution < 1.29 is 14.7 Å². The minimum absolute atomic E-state index is 0.182. The number of carboxylic acids is 1. The molecule has 2 aromatic rings. The van der Waals surface area contributed by atoms with Crippen molar-refractivity contribution in [2.45, 2.75) is 6.92 Å². The van der Waals surface area contributed by atoms with Crippen molar-refractivity contribution in [3.63, 3.8) is 0 Å². The summed E-state index contributed by atoms with van der Waals surface area (Å²) >= 11 is 0. The van der Waals surface area contributed by atoms with Gasteiger partial charge in [0.15, 0.2) is 5.69 Å². The molecule has 6 heteroatoms. The first-order valence-electron chi connectivity index (χ1n) is 6.02. The van der Waals surface area contributed by atoms with E-state index < -0.39 is 5.97 Å². The Bertz CT molecular complexity index is 674. The molecule has 0 unspecified atom stereocenters. The van der Waals surface area contributed by atoms with Gasteiger partial charge in [-0.2, -0.15) is 5.10 Å². The molecular formula is C14H15N3O3. The van der Waals surface area contributed by atoms with Gasteiger partial charge < -0.3 is 10.0 Å². The smallest absolute Gasteiger partial charge is 0.335 e. The Morgan fingerprint density at radius 3 is 2.55 bits per heavy atom. The molecule has 0 saturated carbocycles. The Morgan fingerprint density at radius 2 is 1.95 bits per heavy atom. The molecule has 20 heavy (non-hydrogen) atoms. The zero-order valence-electron chi connectivity index (χ0n) is 11.5. The van der Waals surface area contributed by atoms with Crippen molar-refractivity contribution in [1.82, 2.24) is 14.7 Å². The molecule has 1 amide bonds. The summed E-state index contributed by atoms with van der Waals surface area (Å²) in [4.78, 5) is 24.3. The zero-order valence-corrected chi connectivity index (χ0v) is 11.5. The van der Waals surface area contributed by atoms with Crippen molar-refractivity contribution in [3.05, 3.63) is 47.3 Å². The van der Waals surface area contributed by atoms with Crippen LogP contribution in [0, 0.1) is 6.92 Å². The lowest BCUT2D eigenvalue weighted by atomic mass is 10.1. The molecule has 6 nitrogen and oxygen atoms in total. The van der Waals surface area contributed by atoms with Crippen LogP contribution in [0.3, 0.4) is 0 Å². The van der Waals surface area contributed by atoms with E-state index >= 15 is 0 Å². The highest BCUT2D eigenvalue weighted by molar-refractivity contribution is 5.92. The van der Waals surface area contributed by atoms with Crippen LogP contribution in [0.1, 0.15) is 26.4 Å². The maximum absolute atomic E-state index is 11.8. The molecule has 0 atom stereocenters. The van der Waals surface area contributed by atoms with E-state index in [-0.39, 0.29) is 11.5 Å². The number of hydrogen-bond acceptors (Lipinski definition) is 3. The van der Waals surface area contributed by atoms with Crippen molar-refractivity contribution in [2.75, 3.05) is 14.1 Å². The molecule has 0 aliphatic rings. The number of carbonyl (C=O) groups is 2. The highest BCUT2D eigenvalue weighted by Crippen LogP contribution is 2.16. The summed E-state index contributed by atoms with van der Waals surface area (Å²) in [5.41, 5.74) is 2.02. The first-order valence-corrected chi connectivity index (χ1v) is 6.02. The van der Waals surface area contributed by atoms with Crippen LogP contribution in [0.4, 0.5) is 0 Å². The van der Waals surface area contributed by atoms with E-state index in [1.54, 1.807) is 32.4 Å². The van der Waals surface area contributed by atoms with E-state index in [9.17, 15) is 9.59 Å². The van der Waals surface area contributed by atoms with Gasteiger partial charge in [0.2, 0.25) is 0 Å². The number of aromatic carboxylic acids is 1. The van der Waals surface area contributed by atoms with Gasteiger partial charge in [-0.3, -0.25) is 4.79 Å². The second-order valence-electron chi connectivity index (χ2n) is 4.65. The third kappa shape index (κ3) is 2.54. The van der Waals surface area contributed by atoms with Gasteiger partial charge in [-0.1, -0.05) is 6.07 Å². The standard InChI is InChI=1S/C14H15N3O3/c1-9-4-5-10(14(19)20)8-12(9)17-7-6-11(15-17)13(18)16(2)3/h4-8H,1-3H3,(H,19,20). The van der Waals surface area contributed by atoms with Crippen LogP contribution in [-0.4, -0.2) is 45.8 Å². The van der Waals surface area contributed by atoms with E-state index in [2.05, 4.69) is 5.10 Å². The molecule has 0 bridgehead atoms. The van der Waals surface area contributed by atoms with Crippen LogP contribution in [0.2, 0.25) is 0 Å². The molecule has 0 aliphatic heterocycles. The summed E-state index contributed by atoms with van der Waals surface area (Å²) in [7, 11) is 3.30. The fourth-order valence-corrected chi connectivity index (χ4v) is 1.79. The third-order valence-electron chi connectivity index (χ3n) is 2.92. The average Bonchev–Trinajstić information content (AvgIpc) is 2.87. The van der Waals surface area contributed by atoms with Gasteiger partial charge in [0.25, 0.3) is 5.91 Å². The number of carbonyl (C=O) groups excluding carboxylic acids is 1. The molecular weight excluding hydrogens is 258 g/mol. The Balaban J connectivity index is 2.44. The maximum Gasteiger partial charge on any atom is 0.335 e. The predicted octanol–water partition coefficient (Wildman–Crippen LogP) is 1.58. The third-order valence-corrected chi connectivity index (χ3v) is 2.92. The van der Waals surface area contributed by atoms with Gasteiger partial charge in [0.1, 0.15) is 0 Å². The summed E-state index contributed by atoms with van der Waals surface area (Å²) < 4.78 is 1.51. The fraction of sp³-hybridized carbons (Fsp3) is 0.214. The van der Waals surface area contributed by atoms with Crippen molar-refractivity contribution in [2.24, 2.45) is 0 Å². The quantitative estimate of drug-likeness (QED) is 0.921. The first kappa shape index (κ1) is 13.8. The summed E-state index contributed by atoms with van der Waals surface area (Å²) in [6, 6.07) is 6.40. The number of nitrogens with zero attached hydrogens (tertiary/aromatic N) is 3. The van der Waals surface area contributed by atoms with E-state index in [4.69, 9.17) is 5.11 Å². The first-order chi connectivity index (χ1) is 9.40. The van der Waals surface area contributed by atoms with Crippen molar-refractivity contribution in [3.8, 4) is 5.69 Å². The number of hydrogen-bond donors (Lipinski definition) is 1. The molecule has 0 aliphatic carbocycles. The van der Waals surface area contributed by atoms with Gasteiger partial charge in [-0.05, 0) is 30.7 Å². The molecule has 0 saturated heterocycles. The topological polar surface area (TPSA) is 75.4 Å². The van der Waals surface area contributed by atoms with Crippen LogP contribution in [0.5, 0.6) is 0 Å². The van der Waals surface area contributed by atoms with Gasteiger partial charge in [-0.25, -0.2) is 9.48 Å².